The Balaban J connectivity index is 1.95. The summed E-state index contributed by atoms with van der Waals surface area (Å²) in [7, 11) is 0. The van der Waals surface area contributed by atoms with Gasteiger partial charge in [-0.05, 0) is 59.7 Å². The molecule has 4 rings (SSSR count). The summed E-state index contributed by atoms with van der Waals surface area (Å²) in [4.78, 5) is 12.8. The number of para-hydroxylation sites is 1. The molecular formula is C17H16BrF3N2O. The summed E-state index contributed by atoms with van der Waals surface area (Å²) >= 11 is 3.34. The van der Waals surface area contributed by atoms with Gasteiger partial charge in [-0.1, -0.05) is 12.1 Å². The highest BCUT2D eigenvalue weighted by molar-refractivity contribution is 9.10. The molecule has 0 N–H and O–H groups in total. The predicted octanol–water partition coefficient (Wildman–Crippen LogP) is 4.71. The van der Waals surface area contributed by atoms with Crippen molar-refractivity contribution in [1.82, 2.24) is 9.36 Å². The van der Waals surface area contributed by atoms with Gasteiger partial charge in [-0.3, -0.25) is 9.48 Å². The fraction of sp³-hybridized carbons (Fsp3) is 0.471. The topological polar surface area (TPSA) is 26.9 Å². The van der Waals surface area contributed by atoms with Crippen molar-refractivity contribution in [3.8, 4) is 5.69 Å². The molecule has 2 aliphatic rings. The van der Waals surface area contributed by atoms with Crippen molar-refractivity contribution in [3.05, 3.63) is 50.3 Å². The van der Waals surface area contributed by atoms with Crippen LogP contribution in [0, 0.1) is 5.92 Å². The van der Waals surface area contributed by atoms with E-state index in [-0.39, 0.29) is 11.6 Å². The van der Waals surface area contributed by atoms with Crippen molar-refractivity contribution < 1.29 is 13.2 Å². The summed E-state index contributed by atoms with van der Waals surface area (Å²) in [6, 6.07) is 5.29. The number of benzene rings is 1. The highest BCUT2D eigenvalue weighted by Crippen LogP contribution is 2.44. The van der Waals surface area contributed by atoms with Gasteiger partial charge in [0.1, 0.15) is 4.47 Å². The molecule has 0 atom stereocenters. The van der Waals surface area contributed by atoms with E-state index in [2.05, 4.69) is 15.9 Å². The van der Waals surface area contributed by atoms with Crippen molar-refractivity contribution in [2.75, 3.05) is 0 Å². The van der Waals surface area contributed by atoms with E-state index in [1.54, 1.807) is 4.68 Å². The lowest BCUT2D eigenvalue weighted by atomic mass is 10.1. The Morgan fingerprint density at radius 3 is 2.38 bits per heavy atom. The van der Waals surface area contributed by atoms with Crippen molar-refractivity contribution in [1.29, 1.82) is 0 Å². The second kappa shape index (κ2) is 5.51. The molecule has 7 heteroatoms. The second-order valence-corrected chi connectivity index (χ2v) is 7.42. The molecule has 0 bridgehead atoms. The van der Waals surface area contributed by atoms with Crippen LogP contribution in [-0.4, -0.2) is 9.36 Å². The minimum absolute atomic E-state index is 0.0942. The van der Waals surface area contributed by atoms with Crippen LogP contribution >= 0.6 is 15.9 Å². The zero-order valence-corrected chi connectivity index (χ0v) is 14.4. The van der Waals surface area contributed by atoms with E-state index in [1.807, 2.05) is 0 Å². The van der Waals surface area contributed by atoms with Crippen LogP contribution in [0.2, 0.25) is 0 Å². The molecule has 0 aliphatic heterocycles. The fourth-order valence-electron chi connectivity index (χ4n) is 3.14. The molecule has 24 heavy (non-hydrogen) atoms. The third kappa shape index (κ3) is 2.72. The molecule has 0 unspecified atom stereocenters. The lowest BCUT2D eigenvalue weighted by Crippen LogP contribution is -2.25. The van der Waals surface area contributed by atoms with E-state index in [0.29, 0.717) is 16.9 Å². The minimum atomic E-state index is -4.50. The highest BCUT2D eigenvalue weighted by atomic mass is 79.9. The van der Waals surface area contributed by atoms with Crippen LogP contribution in [-0.2, 0) is 12.7 Å². The van der Waals surface area contributed by atoms with Crippen LogP contribution < -0.4 is 5.56 Å². The monoisotopic (exact) mass is 400 g/mol. The summed E-state index contributed by atoms with van der Waals surface area (Å²) in [5.41, 5.74) is -0.433. The summed E-state index contributed by atoms with van der Waals surface area (Å²) in [6.45, 7) is 0.596. The van der Waals surface area contributed by atoms with Crippen molar-refractivity contribution >= 4 is 15.9 Å². The molecule has 0 spiro atoms. The minimum Gasteiger partial charge on any atom is -0.280 e. The predicted molar refractivity (Wildman–Crippen MR) is 87.4 cm³/mol. The summed E-state index contributed by atoms with van der Waals surface area (Å²) in [5.74, 6) is 0.718. The van der Waals surface area contributed by atoms with E-state index in [9.17, 15) is 18.0 Å². The normalized spacial score (nSPS) is 18.2. The maximum Gasteiger partial charge on any atom is 0.418 e. The third-order valence-electron chi connectivity index (χ3n) is 4.65. The maximum atomic E-state index is 13.4. The highest BCUT2D eigenvalue weighted by Gasteiger charge is 2.38. The average molecular weight is 401 g/mol. The quantitative estimate of drug-likeness (QED) is 0.729. The number of nitrogens with zero attached hydrogens (tertiary/aromatic N) is 2. The van der Waals surface area contributed by atoms with E-state index in [1.165, 1.54) is 22.9 Å². The first kappa shape index (κ1) is 16.0. The average Bonchev–Trinajstić information content (AvgIpc) is 3.41. The molecule has 2 saturated carbocycles. The van der Waals surface area contributed by atoms with Gasteiger partial charge in [-0.15, -0.1) is 0 Å². The molecule has 1 aromatic carbocycles. The molecule has 2 aromatic rings. The van der Waals surface area contributed by atoms with Gasteiger partial charge in [-0.2, -0.15) is 13.2 Å². The zero-order valence-electron chi connectivity index (χ0n) is 12.8. The van der Waals surface area contributed by atoms with Gasteiger partial charge in [0.25, 0.3) is 5.56 Å². The lowest BCUT2D eigenvalue weighted by Gasteiger charge is -2.18. The summed E-state index contributed by atoms with van der Waals surface area (Å²) < 4.78 is 43.7. The first-order valence-corrected chi connectivity index (χ1v) is 8.85. The van der Waals surface area contributed by atoms with Crippen molar-refractivity contribution in [2.45, 2.75) is 44.3 Å². The molecule has 2 aliphatic carbocycles. The fourth-order valence-corrected chi connectivity index (χ4v) is 3.84. The number of hydrogen-bond donors (Lipinski definition) is 0. The number of halogens is 4. The third-order valence-corrected chi connectivity index (χ3v) is 5.40. The molecule has 0 saturated heterocycles. The van der Waals surface area contributed by atoms with Gasteiger partial charge >= 0.3 is 6.18 Å². The SMILES string of the molecule is O=c1c(Br)c(C2CC2)n(CC2CC2)n1-c1ccccc1C(F)(F)F. The number of hydrogen-bond acceptors (Lipinski definition) is 1. The lowest BCUT2D eigenvalue weighted by molar-refractivity contribution is -0.137. The smallest absolute Gasteiger partial charge is 0.280 e. The van der Waals surface area contributed by atoms with E-state index < -0.39 is 17.3 Å². The van der Waals surface area contributed by atoms with E-state index >= 15 is 0 Å². The van der Waals surface area contributed by atoms with Crippen LogP contribution in [0.1, 0.15) is 42.9 Å². The number of aromatic nitrogens is 2. The molecule has 0 amide bonds. The maximum absolute atomic E-state index is 13.4. The van der Waals surface area contributed by atoms with Crippen LogP contribution in [0.3, 0.4) is 0 Å². The van der Waals surface area contributed by atoms with Gasteiger partial charge in [0, 0.05) is 12.5 Å². The van der Waals surface area contributed by atoms with Gasteiger partial charge in [0.15, 0.2) is 0 Å². The zero-order chi connectivity index (χ0) is 17.1. The van der Waals surface area contributed by atoms with Crippen LogP contribution in [0.15, 0.2) is 33.5 Å². The molecule has 2 fully saturated rings. The Kier molecular flexibility index (Phi) is 3.67. The van der Waals surface area contributed by atoms with Gasteiger partial charge < -0.3 is 0 Å². The Labute approximate surface area is 145 Å². The van der Waals surface area contributed by atoms with Crippen molar-refractivity contribution in [2.24, 2.45) is 5.92 Å². The molecular weight excluding hydrogens is 385 g/mol. The Morgan fingerprint density at radius 1 is 1.12 bits per heavy atom. The first-order valence-electron chi connectivity index (χ1n) is 8.05. The largest absolute Gasteiger partial charge is 0.418 e. The van der Waals surface area contributed by atoms with E-state index in [4.69, 9.17) is 0 Å². The van der Waals surface area contributed by atoms with E-state index in [0.717, 1.165) is 37.4 Å². The molecule has 1 heterocycles. The van der Waals surface area contributed by atoms with Gasteiger partial charge in [0.2, 0.25) is 0 Å². The molecule has 0 radical (unpaired) electrons. The molecule has 3 nitrogen and oxygen atoms in total. The number of alkyl halides is 3. The second-order valence-electron chi connectivity index (χ2n) is 6.63. The summed E-state index contributed by atoms with van der Waals surface area (Å²) in [6.07, 6.45) is -0.414. The summed E-state index contributed by atoms with van der Waals surface area (Å²) in [5, 5.41) is 0. The van der Waals surface area contributed by atoms with Crippen molar-refractivity contribution in [3.63, 3.8) is 0 Å². The van der Waals surface area contributed by atoms with Gasteiger partial charge in [0.05, 0.1) is 16.9 Å². The standard InChI is InChI=1S/C17H16BrF3N2O/c18-14-15(11-7-8-11)22(9-10-5-6-10)23(16(14)24)13-4-2-1-3-12(13)17(19,20)21/h1-4,10-11H,5-9H2. The van der Waals surface area contributed by atoms with Crippen LogP contribution in [0.25, 0.3) is 5.69 Å². The first-order chi connectivity index (χ1) is 11.4. The Hall–Kier alpha value is -1.50. The Morgan fingerprint density at radius 2 is 1.79 bits per heavy atom. The molecule has 128 valence electrons. The van der Waals surface area contributed by atoms with Crippen LogP contribution in [0.5, 0.6) is 0 Å². The van der Waals surface area contributed by atoms with Crippen LogP contribution in [0.4, 0.5) is 13.2 Å². The Bertz CT molecular complexity index is 844. The number of rotatable bonds is 4. The molecule has 1 aromatic heterocycles. The van der Waals surface area contributed by atoms with Gasteiger partial charge in [-0.25, -0.2) is 4.68 Å².